The number of imide groups is 1. The molecule has 2 N–H and O–H groups in total. The van der Waals surface area contributed by atoms with E-state index < -0.39 is 0 Å². The lowest BCUT2D eigenvalue weighted by Gasteiger charge is -2.12. The third-order valence-electron chi connectivity index (χ3n) is 2.44. The van der Waals surface area contributed by atoms with Gasteiger partial charge in [0.05, 0.1) is 12.2 Å². The van der Waals surface area contributed by atoms with E-state index in [9.17, 15) is 9.59 Å². The molecule has 16 heavy (non-hydrogen) atoms. The second kappa shape index (κ2) is 4.32. The standard InChI is InChI=1S/C11H12N2O3/c14-6-5-8-1-3-9(4-2-8)13-10(15)7-12-11(13)16/h1-4,14H,5-7H2,(H,12,16). The number of aliphatic hydroxyl groups is 1. The van der Waals surface area contributed by atoms with Gasteiger partial charge in [0.15, 0.2) is 0 Å². The van der Waals surface area contributed by atoms with Gasteiger partial charge in [-0.1, -0.05) is 12.1 Å². The molecular formula is C11H12N2O3. The van der Waals surface area contributed by atoms with Crippen molar-refractivity contribution in [1.29, 1.82) is 0 Å². The Morgan fingerprint density at radius 3 is 2.44 bits per heavy atom. The van der Waals surface area contributed by atoms with Crippen LogP contribution in [-0.2, 0) is 11.2 Å². The molecule has 1 aromatic rings. The minimum atomic E-state index is -0.389. The first kappa shape index (κ1) is 10.6. The fourth-order valence-corrected chi connectivity index (χ4v) is 1.62. The lowest BCUT2D eigenvalue weighted by molar-refractivity contribution is -0.115. The second-order valence-electron chi connectivity index (χ2n) is 3.53. The largest absolute Gasteiger partial charge is 0.396 e. The summed E-state index contributed by atoms with van der Waals surface area (Å²) in [6.07, 6.45) is 0.570. The average Bonchev–Trinajstić information content (AvgIpc) is 2.61. The summed E-state index contributed by atoms with van der Waals surface area (Å²) in [5.41, 5.74) is 1.53. The van der Waals surface area contributed by atoms with Crippen LogP contribution in [0.5, 0.6) is 0 Å². The fraction of sp³-hybridized carbons (Fsp3) is 0.273. The molecule has 84 valence electrons. The number of benzene rings is 1. The third-order valence-corrected chi connectivity index (χ3v) is 2.44. The zero-order valence-corrected chi connectivity index (χ0v) is 8.64. The van der Waals surface area contributed by atoms with Crippen LogP contribution in [0.15, 0.2) is 24.3 Å². The van der Waals surface area contributed by atoms with Gasteiger partial charge in [-0.25, -0.2) is 9.69 Å². The minimum absolute atomic E-state index is 0.0528. The molecule has 0 aliphatic carbocycles. The average molecular weight is 220 g/mol. The zero-order chi connectivity index (χ0) is 11.5. The number of hydrogen-bond donors (Lipinski definition) is 2. The van der Waals surface area contributed by atoms with Crippen LogP contribution in [0.3, 0.4) is 0 Å². The number of urea groups is 1. The predicted molar refractivity (Wildman–Crippen MR) is 58.1 cm³/mol. The lowest BCUT2D eigenvalue weighted by atomic mass is 10.1. The Hall–Kier alpha value is -1.88. The van der Waals surface area contributed by atoms with Crippen LogP contribution in [0.4, 0.5) is 10.5 Å². The number of nitrogens with zero attached hydrogens (tertiary/aromatic N) is 1. The summed E-state index contributed by atoms with van der Waals surface area (Å²) < 4.78 is 0. The summed E-state index contributed by atoms with van der Waals surface area (Å²) in [5.74, 6) is -0.250. The summed E-state index contributed by atoms with van der Waals surface area (Å²) in [4.78, 5) is 23.9. The van der Waals surface area contributed by atoms with Crippen LogP contribution in [-0.4, -0.2) is 30.2 Å². The zero-order valence-electron chi connectivity index (χ0n) is 8.64. The number of carbonyl (C=O) groups excluding carboxylic acids is 2. The maximum absolute atomic E-state index is 11.4. The number of hydrogen-bond acceptors (Lipinski definition) is 3. The molecule has 0 unspecified atom stereocenters. The minimum Gasteiger partial charge on any atom is -0.396 e. The molecule has 2 rings (SSSR count). The number of rotatable bonds is 3. The number of carbonyl (C=O) groups is 2. The molecule has 0 bridgehead atoms. The Morgan fingerprint density at radius 1 is 1.25 bits per heavy atom. The van der Waals surface area contributed by atoms with E-state index >= 15 is 0 Å². The molecule has 1 aliphatic rings. The number of nitrogens with one attached hydrogen (secondary N) is 1. The topological polar surface area (TPSA) is 69.6 Å². The molecule has 3 amide bonds. The maximum atomic E-state index is 11.4. The Morgan fingerprint density at radius 2 is 1.94 bits per heavy atom. The summed E-state index contributed by atoms with van der Waals surface area (Å²) in [7, 11) is 0. The van der Waals surface area contributed by atoms with Crippen molar-refractivity contribution in [3.8, 4) is 0 Å². The van der Waals surface area contributed by atoms with Gasteiger partial charge in [-0.15, -0.1) is 0 Å². The highest BCUT2D eigenvalue weighted by Crippen LogP contribution is 2.18. The van der Waals surface area contributed by atoms with Crippen molar-refractivity contribution in [1.82, 2.24) is 5.32 Å². The van der Waals surface area contributed by atoms with Crippen molar-refractivity contribution in [2.75, 3.05) is 18.1 Å². The number of anilines is 1. The Balaban J connectivity index is 2.21. The number of aliphatic hydroxyl groups excluding tert-OH is 1. The highest BCUT2D eigenvalue weighted by molar-refractivity contribution is 6.19. The first-order valence-corrected chi connectivity index (χ1v) is 5.03. The maximum Gasteiger partial charge on any atom is 0.329 e. The van der Waals surface area contributed by atoms with Gasteiger partial charge in [-0.3, -0.25) is 4.79 Å². The van der Waals surface area contributed by atoms with E-state index in [0.717, 1.165) is 10.5 Å². The Bertz CT molecular complexity index is 398. The van der Waals surface area contributed by atoms with Gasteiger partial charge in [0.2, 0.25) is 0 Å². The second-order valence-corrected chi connectivity index (χ2v) is 3.53. The monoisotopic (exact) mass is 220 g/mol. The van der Waals surface area contributed by atoms with Crippen molar-refractivity contribution < 1.29 is 14.7 Å². The van der Waals surface area contributed by atoms with Crippen LogP contribution in [0.2, 0.25) is 0 Å². The van der Waals surface area contributed by atoms with Gasteiger partial charge in [-0.2, -0.15) is 0 Å². The normalized spacial score (nSPS) is 15.4. The molecule has 0 aromatic heterocycles. The molecule has 0 saturated carbocycles. The van der Waals surface area contributed by atoms with Gasteiger partial charge in [0.25, 0.3) is 5.91 Å². The van der Waals surface area contributed by atoms with E-state index in [1.165, 1.54) is 0 Å². The lowest BCUT2D eigenvalue weighted by Crippen LogP contribution is -2.30. The molecule has 0 radical (unpaired) electrons. The fourth-order valence-electron chi connectivity index (χ4n) is 1.62. The van der Waals surface area contributed by atoms with Crippen LogP contribution in [0.25, 0.3) is 0 Å². The van der Waals surface area contributed by atoms with E-state index in [0.29, 0.717) is 12.1 Å². The molecule has 1 saturated heterocycles. The quantitative estimate of drug-likeness (QED) is 0.719. The SMILES string of the molecule is O=C1CNC(=O)N1c1ccc(CCO)cc1. The van der Waals surface area contributed by atoms with Crippen molar-refractivity contribution in [3.05, 3.63) is 29.8 Å². The van der Waals surface area contributed by atoms with Crippen LogP contribution < -0.4 is 10.2 Å². The van der Waals surface area contributed by atoms with Crippen molar-refractivity contribution in [2.24, 2.45) is 0 Å². The van der Waals surface area contributed by atoms with E-state index in [1.54, 1.807) is 24.3 Å². The summed E-state index contributed by atoms with van der Waals surface area (Å²) in [5, 5.41) is 11.2. The van der Waals surface area contributed by atoms with Crippen molar-refractivity contribution >= 4 is 17.6 Å². The predicted octanol–water partition coefficient (Wildman–Crippen LogP) is 0.278. The molecular weight excluding hydrogens is 208 g/mol. The molecule has 1 aliphatic heterocycles. The molecule has 1 aromatic carbocycles. The van der Waals surface area contributed by atoms with Gasteiger partial charge in [0, 0.05) is 6.61 Å². The van der Waals surface area contributed by atoms with E-state index in [1.807, 2.05) is 0 Å². The van der Waals surface area contributed by atoms with E-state index in [2.05, 4.69) is 5.32 Å². The van der Waals surface area contributed by atoms with Crippen LogP contribution in [0, 0.1) is 0 Å². The summed E-state index contributed by atoms with van der Waals surface area (Å²) in [6.45, 7) is 0.139. The van der Waals surface area contributed by atoms with E-state index in [-0.39, 0.29) is 25.1 Å². The van der Waals surface area contributed by atoms with Crippen LogP contribution in [0.1, 0.15) is 5.56 Å². The highest BCUT2D eigenvalue weighted by atomic mass is 16.3. The number of amides is 3. The molecule has 0 atom stereocenters. The van der Waals surface area contributed by atoms with Crippen LogP contribution >= 0.6 is 0 Å². The van der Waals surface area contributed by atoms with E-state index in [4.69, 9.17) is 5.11 Å². The summed E-state index contributed by atoms with van der Waals surface area (Å²) in [6, 6.07) is 6.61. The van der Waals surface area contributed by atoms with Gasteiger partial charge < -0.3 is 10.4 Å². The molecule has 0 spiro atoms. The molecule has 1 fully saturated rings. The Kier molecular flexibility index (Phi) is 2.87. The van der Waals surface area contributed by atoms with Gasteiger partial charge in [-0.05, 0) is 24.1 Å². The van der Waals surface area contributed by atoms with Gasteiger partial charge >= 0.3 is 6.03 Å². The smallest absolute Gasteiger partial charge is 0.329 e. The summed E-state index contributed by atoms with van der Waals surface area (Å²) >= 11 is 0. The van der Waals surface area contributed by atoms with Crippen molar-refractivity contribution in [2.45, 2.75) is 6.42 Å². The Labute approximate surface area is 92.7 Å². The highest BCUT2D eigenvalue weighted by Gasteiger charge is 2.29. The molecule has 1 heterocycles. The third kappa shape index (κ3) is 1.90. The van der Waals surface area contributed by atoms with Gasteiger partial charge in [0.1, 0.15) is 0 Å². The molecule has 5 nitrogen and oxygen atoms in total. The molecule has 5 heteroatoms. The first-order valence-electron chi connectivity index (χ1n) is 5.03. The first-order chi connectivity index (χ1) is 7.72. The van der Waals surface area contributed by atoms with Crippen molar-refractivity contribution in [3.63, 3.8) is 0 Å².